The molecule has 0 unspecified atom stereocenters. The molecule has 0 bridgehead atoms. The molecule has 0 amide bonds. The van der Waals surface area contributed by atoms with Crippen LogP contribution >= 0.6 is 11.6 Å². The largest absolute Gasteiger partial charge is 0.490 e. The van der Waals surface area contributed by atoms with Gasteiger partial charge in [-0.25, -0.2) is 4.79 Å². The number of hydrogen-bond donors (Lipinski definition) is 1. The van der Waals surface area contributed by atoms with Crippen molar-refractivity contribution in [2.45, 2.75) is 6.92 Å². The average molecular weight is 381 g/mol. The van der Waals surface area contributed by atoms with Crippen LogP contribution in [-0.2, 0) is 9.53 Å². The molecule has 1 N–H and O–H groups in total. The first-order chi connectivity index (χ1) is 12.5. The summed E-state index contributed by atoms with van der Waals surface area (Å²) < 4.78 is 16.7. The topological polar surface area (TPSA) is 92.0 Å². The lowest BCUT2D eigenvalue weighted by Crippen LogP contribution is -2.38. The zero-order valence-corrected chi connectivity index (χ0v) is 15.3. The summed E-state index contributed by atoms with van der Waals surface area (Å²) in [5.74, 6) is -0.476. The van der Waals surface area contributed by atoms with Gasteiger partial charge in [-0.3, -0.25) is 4.90 Å². The summed E-state index contributed by atoms with van der Waals surface area (Å²) in [7, 11) is 0. The van der Waals surface area contributed by atoms with Crippen LogP contribution in [-0.4, -0.2) is 62.0 Å². The summed E-state index contributed by atoms with van der Waals surface area (Å²) in [6.45, 7) is 6.57. The standard InChI is InChI=1S/C18H21ClN2O5/c1-2-25-16-11-13(9-14(12-20)18(22)23)10-15(19)17(16)26-8-5-21-3-6-24-7-4-21/h9-11H,2-8H2,1H3,(H,22,23). The van der Waals surface area contributed by atoms with Gasteiger partial charge >= 0.3 is 5.97 Å². The predicted molar refractivity (Wildman–Crippen MR) is 96.6 cm³/mol. The van der Waals surface area contributed by atoms with Gasteiger partial charge in [-0.2, -0.15) is 5.26 Å². The smallest absolute Gasteiger partial charge is 0.346 e. The second kappa shape index (κ2) is 10.0. The molecule has 1 aliphatic heterocycles. The SMILES string of the molecule is CCOc1cc(C=C(C#N)C(=O)O)cc(Cl)c1OCCN1CCOCC1. The zero-order valence-electron chi connectivity index (χ0n) is 14.5. The molecular weight excluding hydrogens is 360 g/mol. The molecule has 26 heavy (non-hydrogen) atoms. The van der Waals surface area contributed by atoms with E-state index in [1.54, 1.807) is 18.2 Å². The Morgan fingerprint density at radius 1 is 1.42 bits per heavy atom. The van der Waals surface area contributed by atoms with E-state index in [9.17, 15) is 4.79 Å². The highest BCUT2D eigenvalue weighted by Crippen LogP contribution is 2.37. The lowest BCUT2D eigenvalue weighted by Gasteiger charge is -2.26. The summed E-state index contributed by atoms with van der Waals surface area (Å²) in [5, 5.41) is 18.2. The van der Waals surface area contributed by atoms with E-state index in [0.717, 1.165) is 32.8 Å². The minimum absolute atomic E-state index is 0.298. The number of carbonyl (C=O) groups is 1. The summed E-state index contributed by atoms with van der Waals surface area (Å²) in [4.78, 5) is 13.2. The normalized spacial score (nSPS) is 15.3. The second-order valence-corrected chi connectivity index (χ2v) is 5.95. The van der Waals surface area contributed by atoms with Gasteiger partial charge in [0.1, 0.15) is 18.2 Å². The lowest BCUT2D eigenvalue weighted by molar-refractivity contribution is -0.132. The van der Waals surface area contributed by atoms with Crippen LogP contribution in [0.2, 0.25) is 5.02 Å². The van der Waals surface area contributed by atoms with E-state index in [1.807, 2.05) is 6.92 Å². The van der Waals surface area contributed by atoms with E-state index >= 15 is 0 Å². The van der Waals surface area contributed by atoms with Crippen LogP contribution in [0.15, 0.2) is 17.7 Å². The molecule has 1 aliphatic rings. The van der Waals surface area contributed by atoms with Gasteiger partial charge in [0.05, 0.1) is 24.8 Å². The van der Waals surface area contributed by atoms with Crippen LogP contribution in [0.25, 0.3) is 6.08 Å². The Kier molecular flexibility index (Phi) is 7.73. The molecule has 8 heteroatoms. The Balaban J connectivity index is 2.15. The zero-order chi connectivity index (χ0) is 18.9. The monoisotopic (exact) mass is 380 g/mol. The van der Waals surface area contributed by atoms with Crippen molar-refractivity contribution >= 4 is 23.6 Å². The molecule has 0 aliphatic carbocycles. The summed E-state index contributed by atoms with van der Waals surface area (Å²) in [6, 6.07) is 4.80. The summed E-state index contributed by atoms with van der Waals surface area (Å²) in [5.41, 5.74) is 0.0717. The molecule has 1 aromatic rings. The van der Waals surface area contributed by atoms with Crippen molar-refractivity contribution in [1.29, 1.82) is 5.26 Å². The maximum atomic E-state index is 11.0. The van der Waals surface area contributed by atoms with Crippen LogP contribution in [0.3, 0.4) is 0 Å². The molecule has 1 heterocycles. The van der Waals surface area contributed by atoms with Crippen molar-refractivity contribution in [3.05, 3.63) is 28.3 Å². The van der Waals surface area contributed by atoms with E-state index in [2.05, 4.69) is 4.90 Å². The van der Waals surface area contributed by atoms with Gasteiger partial charge in [0.2, 0.25) is 0 Å². The molecule has 0 atom stereocenters. The first kappa shape index (κ1) is 20.0. The fourth-order valence-electron chi connectivity index (χ4n) is 2.48. The van der Waals surface area contributed by atoms with E-state index in [0.29, 0.717) is 35.3 Å². The van der Waals surface area contributed by atoms with Crippen molar-refractivity contribution in [2.75, 3.05) is 46.1 Å². The van der Waals surface area contributed by atoms with Gasteiger partial charge in [0.15, 0.2) is 11.5 Å². The number of carboxylic acid groups (broad SMARTS) is 1. The van der Waals surface area contributed by atoms with Crippen LogP contribution in [0.5, 0.6) is 11.5 Å². The third-order valence-corrected chi connectivity index (χ3v) is 4.03. The molecule has 2 rings (SSSR count). The Morgan fingerprint density at radius 2 is 2.15 bits per heavy atom. The third-order valence-electron chi connectivity index (χ3n) is 3.75. The number of aliphatic carboxylic acids is 1. The van der Waals surface area contributed by atoms with E-state index in [-0.39, 0.29) is 5.57 Å². The molecular formula is C18H21ClN2O5. The quantitative estimate of drug-likeness (QED) is 0.547. The van der Waals surface area contributed by atoms with Gasteiger partial charge in [0, 0.05) is 19.6 Å². The Bertz CT molecular complexity index is 708. The Morgan fingerprint density at radius 3 is 2.77 bits per heavy atom. The number of nitrogens with zero attached hydrogens (tertiary/aromatic N) is 2. The number of rotatable bonds is 8. The van der Waals surface area contributed by atoms with Gasteiger partial charge in [-0.05, 0) is 30.7 Å². The molecule has 7 nitrogen and oxygen atoms in total. The van der Waals surface area contributed by atoms with Gasteiger partial charge in [-0.1, -0.05) is 11.6 Å². The van der Waals surface area contributed by atoms with Crippen LogP contribution < -0.4 is 9.47 Å². The second-order valence-electron chi connectivity index (χ2n) is 5.54. The fourth-order valence-corrected chi connectivity index (χ4v) is 2.76. The fraction of sp³-hybridized carbons (Fsp3) is 0.444. The molecule has 0 radical (unpaired) electrons. The number of carboxylic acids is 1. The van der Waals surface area contributed by atoms with Crippen LogP contribution in [0.1, 0.15) is 12.5 Å². The maximum Gasteiger partial charge on any atom is 0.346 e. The van der Waals surface area contributed by atoms with Crippen molar-refractivity contribution in [2.24, 2.45) is 0 Å². The van der Waals surface area contributed by atoms with Crippen LogP contribution in [0.4, 0.5) is 0 Å². The minimum atomic E-state index is -1.30. The Hall–Kier alpha value is -2.27. The third kappa shape index (κ3) is 5.63. The van der Waals surface area contributed by atoms with E-state index < -0.39 is 5.97 Å². The van der Waals surface area contributed by atoms with Crippen LogP contribution in [0, 0.1) is 11.3 Å². The highest BCUT2D eigenvalue weighted by Gasteiger charge is 2.15. The van der Waals surface area contributed by atoms with Crippen molar-refractivity contribution in [3.8, 4) is 17.6 Å². The molecule has 1 saturated heterocycles. The molecule has 140 valence electrons. The number of morpholine rings is 1. The van der Waals surface area contributed by atoms with Gasteiger partial charge < -0.3 is 19.3 Å². The van der Waals surface area contributed by atoms with Crippen molar-refractivity contribution in [3.63, 3.8) is 0 Å². The van der Waals surface area contributed by atoms with E-state index in [4.69, 9.17) is 36.2 Å². The molecule has 0 spiro atoms. The number of nitriles is 1. The molecule has 1 fully saturated rings. The maximum absolute atomic E-state index is 11.0. The first-order valence-corrected chi connectivity index (χ1v) is 8.67. The summed E-state index contributed by atoms with van der Waals surface area (Å²) >= 11 is 6.30. The molecule has 1 aromatic carbocycles. The number of hydrogen-bond acceptors (Lipinski definition) is 6. The van der Waals surface area contributed by atoms with Crippen molar-refractivity contribution in [1.82, 2.24) is 4.90 Å². The number of ether oxygens (including phenoxy) is 3. The molecule has 0 saturated carbocycles. The highest BCUT2D eigenvalue weighted by atomic mass is 35.5. The lowest BCUT2D eigenvalue weighted by atomic mass is 10.1. The number of benzene rings is 1. The van der Waals surface area contributed by atoms with Gasteiger partial charge in [0.25, 0.3) is 0 Å². The molecule has 0 aromatic heterocycles. The average Bonchev–Trinajstić information content (AvgIpc) is 2.62. The first-order valence-electron chi connectivity index (χ1n) is 8.29. The highest BCUT2D eigenvalue weighted by molar-refractivity contribution is 6.32. The Labute approximate surface area is 157 Å². The number of halogens is 1. The minimum Gasteiger partial charge on any atom is -0.490 e. The van der Waals surface area contributed by atoms with Gasteiger partial charge in [-0.15, -0.1) is 0 Å². The summed E-state index contributed by atoms with van der Waals surface area (Å²) in [6.07, 6.45) is 1.24. The van der Waals surface area contributed by atoms with E-state index in [1.165, 1.54) is 6.08 Å². The predicted octanol–water partition coefficient (Wildman–Crippen LogP) is 2.44. The van der Waals surface area contributed by atoms with Crippen molar-refractivity contribution < 1.29 is 24.1 Å².